The van der Waals surface area contributed by atoms with E-state index in [0.717, 1.165) is 25.0 Å². The molecule has 3 atom stereocenters. The van der Waals surface area contributed by atoms with Gasteiger partial charge in [-0.2, -0.15) is 4.98 Å². The van der Waals surface area contributed by atoms with E-state index in [9.17, 15) is 18.3 Å². The molecule has 0 radical (unpaired) electrons. The number of phenolic OH excluding ortho intramolecular Hbond substituents is 1. The Morgan fingerprint density at radius 1 is 1.09 bits per heavy atom. The molecule has 0 saturated carbocycles. The minimum atomic E-state index is -1.10. The first kappa shape index (κ1) is 28.0. The van der Waals surface area contributed by atoms with Crippen molar-refractivity contribution in [2.45, 2.75) is 50.0 Å². The standard InChI is InChI=1S/C33H27F4N5O3/c1-2-22-24(36)7-6-17-9-21(43)10-23(25(17)22)28-27(37)29-26-30(42-8-4-3-5-20(42)15-44-31(26)38-28)40-32(39-29)45-16-33-11-18(34)13-41(33)14-19(35)12-33/h1,6-7,9-10,18-19H,3-5,8,11-16H2/p+1/t18-,19+,33?. The zero-order chi connectivity index (χ0) is 31.0. The number of alkyl halides is 2. The summed E-state index contributed by atoms with van der Waals surface area (Å²) in [6.07, 6.45) is 6.27. The maximum absolute atomic E-state index is 16.8. The third kappa shape index (κ3) is 4.39. The van der Waals surface area contributed by atoms with E-state index in [1.54, 1.807) is 4.90 Å². The molecule has 2 saturated heterocycles. The molecule has 45 heavy (non-hydrogen) atoms. The lowest BCUT2D eigenvalue weighted by molar-refractivity contribution is -0.450. The summed E-state index contributed by atoms with van der Waals surface area (Å²) in [5, 5.41) is 11.4. The number of terminal acetylenes is 1. The van der Waals surface area contributed by atoms with Gasteiger partial charge in [0.15, 0.2) is 11.2 Å². The molecule has 2 aromatic carbocycles. The molecular weight excluding hydrogens is 590 g/mol. The van der Waals surface area contributed by atoms with Gasteiger partial charge in [0.05, 0.1) is 17.6 Å². The predicted molar refractivity (Wildman–Crippen MR) is 158 cm³/mol. The highest BCUT2D eigenvalue weighted by molar-refractivity contribution is 6.04. The van der Waals surface area contributed by atoms with E-state index in [4.69, 9.17) is 20.9 Å². The number of aromatic hydroxyl groups is 1. The van der Waals surface area contributed by atoms with Crippen molar-refractivity contribution in [3.8, 4) is 41.2 Å². The SMILES string of the molecule is C#Cc1c(F)ccc2cc(O)cc(-c3nc4c5c(nc(OCC67C[C@H](F)CN6C[C@H](F)C7)nc5c3F)[N+]3=C(CCCC3)CO4)c12. The molecule has 1 N–H and O–H groups in total. The van der Waals surface area contributed by atoms with Crippen LogP contribution in [0.15, 0.2) is 24.3 Å². The zero-order valence-corrected chi connectivity index (χ0v) is 24.1. The largest absolute Gasteiger partial charge is 0.508 e. The molecule has 230 valence electrons. The molecule has 2 aromatic heterocycles. The summed E-state index contributed by atoms with van der Waals surface area (Å²) in [5.41, 5.74) is -0.370. The Balaban J connectivity index is 1.33. The van der Waals surface area contributed by atoms with E-state index >= 15 is 4.39 Å². The van der Waals surface area contributed by atoms with Gasteiger partial charge in [-0.1, -0.05) is 12.0 Å². The Bertz CT molecular complexity index is 1980. The Hall–Kier alpha value is -4.50. The minimum Gasteiger partial charge on any atom is -0.508 e. The molecule has 0 aliphatic carbocycles. The normalized spacial score (nSPS) is 24.3. The van der Waals surface area contributed by atoms with Crippen molar-refractivity contribution in [1.29, 1.82) is 0 Å². The van der Waals surface area contributed by atoms with Crippen molar-refractivity contribution >= 4 is 33.2 Å². The first-order valence-electron chi connectivity index (χ1n) is 15.0. The second-order valence-electron chi connectivity index (χ2n) is 12.3. The van der Waals surface area contributed by atoms with Gasteiger partial charge in [-0.05, 0) is 36.4 Å². The summed E-state index contributed by atoms with van der Waals surface area (Å²) in [5.74, 6) is 1.02. The van der Waals surface area contributed by atoms with E-state index in [1.807, 2.05) is 4.58 Å². The molecule has 2 fully saturated rings. The summed E-state index contributed by atoms with van der Waals surface area (Å²) in [6, 6.07) is 5.16. The fourth-order valence-electron chi connectivity index (χ4n) is 7.49. The predicted octanol–water partition coefficient (Wildman–Crippen LogP) is 5.37. The molecule has 0 bridgehead atoms. The van der Waals surface area contributed by atoms with Crippen LogP contribution in [-0.4, -0.2) is 86.0 Å². The van der Waals surface area contributed by atoms with Gasteiger partial charge < -0.3 is 14.6 Å². The van der Waals surface area contributed by atoms with Gasteiger partial charge in [0.2, 0.25) is 5.88 Å². The minimum absolute atomic E-state index is 0.0587. The molecule has 12 heteroatoms. The zero-order valence-electron chi connectivity index (χ0n) is 24.1. The number of phenols is 1. The van der Waals surface area contributed by atoms with Crippen LogP contribution in [0.25, 0.3) is 32.9 Å². The molecular formula is C33H28F4N5O3+. The molecule has 4 aromatic rings. The number of nitrogens with zero attached hydrogens (tertiary/aromatic N) is 5. The van der Waals surface area contributed by atoms with E-state index in [1.165, 1.54) is 24.3 Å². The summed E-state index contributed by atoms with van der Waals surface area (Å²) in [4.78, 5) is 15.5. The van der Waals surface area contributed by atoms with Crippen LogP contribution in [-0.2, 0) is 0 Å². The number of benzene rings is 2. The number of aromatic nitrogens is 3. The van der Waals surface area contributed by atoms with Crippen molar-refractivity contribution < 1.29 is 36.7 Å². The van der Waals surface area contributed by atoms with E-state index in [0.29, 0.717) is 17.7 Å². The molecule has 1 unspecified atom stereocenters. The molecule has 0 amide bonds. The summed E-state index contributed by atoms with van der Waals surface area (Å²) in [7, 11) is 0. The van der Waals surface area contributed by atoms with Crippen molar-refractivity contribution in [3.63, 3.8) is 0 Å². The first-order chi connectivity index (χ1) is 21.7. The van der Waals surface area contributed by atoms with Gasteiger partial charge in [0.25, 0.3) is 0 Å². The van der Waals surface area contributed by atoms with Crippen LogP contribution < -0.4 is 9.47 Å². The van der Waals surface area contributed by atoms with Gasteiger partial charge in [-0.25, -0.2) is 27.1 Å². The average Bonchev–Trinajstić information content (AvgIpc) is 3.42. The third-order valence-electron chi connectivity index (χ3n) is 9.45. The quantitative estimate of drug-likeness (QED) is 0.187. The van der Waals surface area contributed by atoms with E-state index < -0.39 is 29.5 Å². The second kappa shape index (κ2) is 10.3. The summed E-state index contributed by atoms with van der Waals surface area (Å²) >= 11 is 0. The van der Waals surface area contributed by atoms with Crippen LogP contribution in [0.2, 0.25) is 0 Å². The van der Waals surface area contributed by atoms with Crippen LogP contribution in [0.1, 0.15) is 37.7 Å². The topological polar surface area (TPSA) is 83.6 Å². The van der Waals surface area contributed by atoms with Crippen LogP contribution >= 0.6 is 0 Å². The number of pyridine rings is 1. The second-order valence-corrected chi connectivity index (χ2v) is 12.3. The lowest BCUT2D eigenvalue weighted by atomic mass is 9.94. The van der Waals surface area contributed by atoms with Crippen molar-refractivity contribution in [2.75, 3.05) is 32.8 Å². The molecule has 0 spiro atoms. The van der Waals surface area contributed by atoms with Crippen LogP contribution in [0.4, 0.5) is 23.4 Å². The van der Waals surface area contributed by atoms with Crippen LogP contribution in [0, 0.1) is 24.0 Å². The third-order valence-corrected chi connectivity index (χ3v) is 9.45. The van der Waals surface area contributed by atoms with Gasteiger partial charge >= 0.3 is 11.8 Å². The Morgan fingerprint density at radius 2 is 1.89 bits per heavy atom. The lowest BCUT2D eigenvalue weighted by Crippen LogP contribution is -2.43. The highest BCUT2D eigenvalue weighted by Crippen LogP contribution is 2.44. The number of hydrogen-bond acceptors (Lipinski definition) is 7. The highest BCUT2D eigenvalue weighted by atomic mass is 19.1. The Kier molecular flexibility index (Phi) is 6.39. The maximum Gasteiger partial charge on any atom is 0.434 e. The monoisotopic (exact) mass is 618 g/mol. The molecule has 6 heterocycles. The first-order valence-corrected chi connectivity index (χ1v) is 15.0. The number of fused-ring (bicyclic) bond motifs is 3. The number of ether oxygens (including phenoxy) is 2. The summed E-state index contributed by atoms with van der Waals surface area (Å²) < 4.78 is 74.8. The molecule has 4 aliphatic rings. The number of rotatable bonds is 4. The maximum atomic E-state index is 16.8. The van der Waals surface area contributed by atoms with Gasteiger partial charge in [0.1, 0.15) is 54.0 Å². The lowest BCUT2D eigenvalue weighted by Gasteiger charge is -2.29. The fraction of sp³-hybridized carbons (Fsp3) is 0.394. The Morgan fingerprint density at radius 3 is 2.67 bits per heavy atom. The molecule has 8 nitrogen and oxygen atoms in total. The van der Waals surface area contributed by atoms with E-state index in [-0.39, 0.29) is 89.9 Å². The highest BCUT2D eigenvalue weighted by Gasteiger charge is 2.53. The molecule has 8 rings (SSSR count). The van der Waals surface area contributed by atoms with Crippen molar-refractivity contribution in [2.24, 2.45) is 0 Å². The summed E-state index contributed by atoms with van der Waals surface area (Å²) in [6.45, 7) is 0.975. The van der Waals surface area contributed by atoms with Crippen molar-refractivity contribution in [1.82, 2.24) is 19.9 Å². The average molecular weight is 619 g/mol. The van der Waals surface area contributed by atoms with Gasteiger partial charge in [-0.3, -0.25) is 4.90 Å². The van der Waals surface area contributed by atoms with Crippen molar-refractivity contribution in [3.05, 3.63) is 41.5 Å². The van der Waals surface area contributed by atoms with E-state index in [2.05, 4.69) is 15.9 Å². The van der Waals surface area contributed by atoms with Crippen LogP contribution in [0.5, 0.6) is 17.6 Å². The number of halogens is 4. The smallest absolute Gasteiger partial charge is 0.434 e. The van der Waals surface area contributed by atoms with Gasteiger partial charge in [0, 0.05) is 48.3 Å². The number of hydrogen-bond donors (Lipinski definition) is 1. The van der Waals surface area contributed by atoms with Gasteiger partial charge in [-0.15, -0.1) is 6.42 Å². The Labute approximate surface area is 255 Å². The molecule has 4 aliphatic heterocycles. The van der Waals surface area contributed by atoms with Crippen LogP contribution in [0.3, 0.4) is 0 Å². The fourth-order valence-corrected chi connectivity index (χ4v) is 7.49.